The number of methoxy groups -OCH3 is 3. The van der Waals surface area contributed by atoms with Crippen molar-refractivity contribution in [2.75, 3.05) is 42.0 Å². The number of ether oxygens (including phenoxy) is 11. The lowest BCUT2D eigenvalue weighted by atomic mass is 9.70. The molecule has 0 radical (unpaired) electrons. The van der Waals surface area contributed by atoms with E-state index in [1.165, 1.54) is 42.1 Å². The van der Waals surface area contributed by atoms with E-state index in [0.717, 1.165) is 0 Å². The summed E-state index contributed by atoms with van der Waals surface area (Å²) in [5, 5.41) is 20.5. The maximum absolute atomic E-state index is 13.2. The standard InChI is InChI=1S/C43H73NO19/c1-15-32(51)60-29(19-31(49)50)39(55-14)36(28(18-34(53-12)54-13)17-22(3)30(21-45)58-25(6)46)40-41(59-26(7)47)37(44(10)11)38(23(4)57-40)62-35-20-43(9,63-27(8)48)42(24(5)56-35)61-33(52)16-2/h22-24,28-30,34-42,45H,15-21H2,1-14H3,(H,49,50)/t22-,23-,24+,28-,29-,30+,35-,36+,37+,38-,39-,40+,41-,42+,43-/m1/s1. The van der Waals surface area contributed by atoms with Crippen molar-refractivity contribution in [1.29, 1.82) is 0 Å². The van der Waals surface area contributed by atoms with Crippen LogP contribution in [0.2, 0.25) is 0 Å². The van der Waals surface area contributed by atoms with Crippen LogP contribution >= 0.6 is 0 Å². The first-order chi connectivity index (χ1) is 29.5. The van der Waals surface area contributed by atoms with Crippen LogP contribution in [0.4, 0.5) is 0 Å². The maximum Gasteiger partial charge on any atom is 0.307 e. The summed E-state index contributed by atoms with van der Waals surface area (Å²) in [5.41, 5.74) is -1.38. The Hall–Kier alpha value is -3.50. The quantitative estimate of drug-likeness (QED) is 0.0759. The molecule has 15 atom stereocenters. The fraction of sp³-hybridized carbons (Fsp3) is 0.860. The predicted octanol–water partition coefficient (Wildman–Crippen LogP) is 2.80. The summed E-state index contributed by atoms with van der Waals surface area (Å²) >= 11 is 0. The van der Waals surface area contributed by atoms with Crippen molar-refractivity contribution < 1.29 is 91.1 Å². The minimum atomic E-state index is -1.40. The van der Waals surface area contributed by atoms with Gasteiger partial charge in [0.2, 0.25) is 0 Å². The second-order valence-corrected chi connectivity index (χ2v) is 16.8. The first-order valence-corrected chi connectivity index (χ1v) is 21.5. The molecule has 0 amide bonds. The van der Waals surface area contributed by atoms with Crippen LogP contribution in [-0.4, -0.2) is 172 Å². The van der Waals surface area contributed by atoms with Gasteiger partial charge >= 0.3 is 35.8 Å². The molecule has 0 saturated carbocycles. The predicted molar refractivity (Wildman–Crippen MR) is 221 cm³/mol. The molecule has 364 valence electrons. The van der Waals surface area contributed by atoms with E-state index in [2.05, 4.69) is 0 Å². The van der Waals surface area contributed by atoms with Gasteiger partial charge in [0.25, 0.3) is 0 Å². The lowest BCUT2D eigenvalue weighted by Crippen LogP contribution is -2.68. The number of carboxylic acid groups (broad SMARTS) is 1. The molecule has 2 heterocycles. The summed E-state index contributed by atoms with van der Waals surface area (Å²) in [5.74, 6) is -6.71. The van der Waals surface area contributed by atoms with E-state index in [1.54, 1.807) is 60.5 Å². The number of hydrogen-bond donors (Lipinski definition) is 2. The summed E-state index contributed by atoms with van der Waals surface area (Å²) in [6.07, 6.45) is -12.0. The number of nitrogens with zero attached hydrogens (tertiary/aromatic N) is 1. The van der Waals surface area contributed by atoms with Crippen LogP contribution in [0.3, 0.4) is 0 Å². The van der Waals surface area contributed by atoms with Crippen molar-refractivity contribution in [3.05, 3.63) is 0 Å². The zero-order valence-corrected chi connectivity index (χ0v) is 39.4. The fourth-order valence-electron chi connectivity index (χ4n) is 8.96. The van der Waals surface area contributed by atoms with E-state index in [-0.39, 0.29) is 32.1 Å². The van der Waals surface area contributed by atoms with Gasteiger partial charge in [0.1, 0.15) is 36.6 Å². The van der Waals surface area contributed by atoms with Crippen molar-refractivity contribution in [2.24, 2.45) is 17.8 Å². The number of rotatable bonds is 25. The van der Waals surface area contributed by atoms with Crippen molar-refractivity contribution in [2.45, 2.75) is 180 Å². The number of likely N-dealkylation sites (N-methyl/N-ethyl adjacent to an activating group) is 1. The van der Waals surface area contributed by atoms with E-state index in [9.17, 15) is 39.0 Å². The van der Waals surface area contributed by atoms with Gasteiger partial charge in [-0.1, -0.05) is 20.8 Å². The zero-order chi connectivity index (χ0) is 47.9. The monoisotopic (exact) mass is 907 g/mol. The first-order valence-electron chi connectivity index (χ1n) is 21.5. The summed E-state index contributed by atoms with van der Waals surface area (Å²) in [7, 11) is 7.70. The average Bonchev–Trinajstić information content (AvgIpc) is 3.18. The summed E-state index contributed by atoms with van der Waals surface area (Å²) in [4.78, 5) is 77.4. The zero-order valence-electron chi connectivity index (χ0n) is 39.4. The van der Waals surface area contributed by atoms with Crippen LogP contribution in [0, 0.1) is 17.8 Å². The Labute approximate surface area is 371 Å². The van der Waals surface area contributed by atoms with Gasteiger partial charge in [-0.3, -0.25) is 28.8 Å². The molecule has 0 aromatic carbocycles. The Balaban J connectivity index is 2.92. The fourth-order valence-corrected chi connectivity index (χ4v) is 8.96. The second kappa shape index (κ2) is 25.8. The highest BCUT2D eigenvalue weighted by Gasteiger charge is 2.58. The lowest BCUT2D eigenvalue weighted by Gasteiger charge is -2.53. The minimum Gasteiger partial charge on any atom is -0.481 e. The highest BCUT2D eigenvalue weighted by molar-refractivity contribution is 5.71. The summed E-state index contributed by atoms with van der Waals surface area (Å²) < 4.78 is 66.5. The van der Waals surface area contributed by atoms with Crippen LogP contribution in [0.25, 0.3) is 0 Å². The molecule has 0 spiro atoms. The van der Waals surface area contributed by atoms with Gasteiger partial charge in [0.15, 0.2) is 24.3 Å². The van der Waals surface area contributed by atoms with Gasteiger partial charge in [0.05, 0.1) is 31.3 Å². The summed E-state index contributed by atoms with van der Waals surface area (Å²) in [6.45, 7) is 13.2. The second-order valence-electron chi connectivity index (χ2n) is 16.8. The number of esters is 5. The van der Waals surface area contributed by atoms with E-state index in [1.807, 2.05) is 0 Å². The van der Waals surface area contributed by atoms with E-state index in [4.69, 9.17) is 52.1 Å². The van der Waals surface area contributed by atoms with Crippen molar-refractivity contribution in [3.63, 3.8) is 0 Å². The molecule has 0 aromatic rings. The van der Waals surface area contributed by atoms with Crippen LogP contribution < -0.4 is 0 Å². The molecule has 2 aliphatic rings. The minimum absolute atomic E-state index is 0.0681. The lowest BCUT2D eigenvalue weighted by molar-refractivity contribution is -0.320. The first kappa shape index (κ1) is 55.6. The third kappa shape index (κ3) is 15.9. The number of aliphatic hydroxyl groups excluding tert-OH is 1. The van der Waals surface area contributed by atoms with Gasteiger partial charge in [-0.25, -0.2) is 0 Å². The molecule has 2 saturated heterocycles. The Bertz CT molecular complexity index is 1490. The van der Waals surface area contributed by atoms with Gasteiger partial charge < -0.3 is 67.2 Å². The molecule has 0 aliphatic carbocycles. The van der Waals surface area contributed by atoms with Gasteiger partial charge in [-0.05, 0) is 53.1 Å². The van der Waals surface area contributed by atoms with Gasteiger partial charge in [0, 0.05) is 73.7 Å². The van der Waals surface area contributed by atoms with Crippen LogP contribution in [0.5, 0.6) is 0 Å². The Kier molecular flexibility index (Phi) is 22.8. The van der Waals surface area contributed by atoms with E-state index < -0.39 is 146 Å². The molecule has 0 bridgehead atoms. The normalized spacial score (nSPS) is 29.1. The molecule has 2 rings (SSSR count). The van der Waals surface area contributed by atoms with Crippen molar-refractivity contribution in [3.8, 4) is 0 Å². The molecule has 0 unspecified atom stereocenters. The SMILES string of the molecule is CCC(=O)O[C@H](CC(=O)O)[C@@H](OC)[C@H]([C@@H](CC(OC)OC)C[C@@H](C)[C@H](CO)OC(C)=O)[C@@H]1O[C@H](C)[C@@H](O[C@@H]2C[C@@](C)(OC(C)=O)[C@@H](OC(=O)CC)[C@H](C)O2)[C@H](N(C)C)[C@H]1OC(C)=O. The average molecular weight is 908 g/mol. The third-order valence-corrected chi connectivity index (χ3v) is 11.6. The number of aliphatic carboxylic acids is 1. The van der Waals surface area contributed by atoms with Crippen LogP contribution in [0.1, 0.15) is 101 Å². The summed E-state index contributed by atoms with van der Waals surface area (Å²) in [6, 6.07) is -0.835. The Morgan fingerprint density at radius 3 is 1.89 bits per heavy atom. The number of carboxylic acids is 1. The third-order valence-electron chi connectivity index (χ3n) is 11.6. The molecule has 0 aromatic heterocycles. The van der Waals surface area contributed by atoms with E-state index in [0.29, 0.717) is 0 Å². The largest absolute Gasteiger partial charge is 0.481 e. The highest BCUT2D eigenvalue weighted by atomic mass is 16.7. The maximum atomic E-state index is 13.2. The molecule has 20 heteroatoms. The van der Waals surface area contributed by atoms with Crippen molar-refractivity contribution >= 4 is 35.8 Å². The molecule has 63 heavy (non-hydrogen) atoms. The smallest absolute Gasteiger partial charge is 0.307 e. The molecular formula is C43H73NO19. The van der Waals surface area contributed by atoms with Gasteiger partial charge in [-0.2, -0.15) is 0 Å². The number of aliphatic hydroxyl groups is 1. The van der Waals surface area contributed by atoms with Crippen molar-refractivity contribution in [1.82, 2.24) is 4.90 Å². The van der Waals surface area contributed by atoms with Crippen LogP contribution in [-0.2, 0) is 80.9 Å². The molecule has 2 fully saturated rings. The number of carbonyl (C=O) groups excluding carboxylic acids is 5. The molecule has 20 nitrogen and oxygen atoms in total. The number of hydrogen-bond acceptors (Lipinski definition) is 19. The Morgan fingerprint density at radius 2 is 1.41 bits per heavy atom. The molecular weight excluding hydrogens is 834 g/mol. The highest BCUT2D eigenvalue weighted by Crippen LogP contribution is 2.44. The van der Waals surface area contributed by atoms with E-state index >= 15 is 0 Å². The van der Waals surface area contributed by atoms with Gasteiger partial charge in [-0.15, -0.1) is 0 Å². The number of carbonyl (C=O) groups is 6. The Morgan fingerprint density at radius 1 is 0.794 bits per heavy atom. The van der Waals surface area contributed by atoms with Crippen LogP contribution in [0.15, 0.2) is 0 Å². The molecule has 2 N–H and O–H groups in total. The topological polar surface area (TPSA) is 248 Å². The molecule has 2 aliphatic heterocycles.